The molecule has 0 spiro atoms. The minimum absolute atomic E-state index is 0.0322. The molecule has 0 fully saturated rings. The number of rotatable bonds is 7. The van der Waals surface area contributed by atoms with Gasteiger partial charge in [-0.15, -0.1) is 0 Å². The van der Waals surface area contributed by atoms with Crippen LogP contribution in [-0.4, -0.2) is 17.3 Å². The molecule has 1 aliphatic rings. The van der Waals surface area contributed by atoms with Crippen molar-refractivity contribution >= 4 is 28.6 Å². The van der Waals surface area contributed by atoms with Crippen LogP contribution in [-0.2, 0) is 4.84 Å². The second-order valence-corrected chi connectivity index (χ2v) is 8.65. The highest BCUT2D eigenvalue weighted by Gasteiger charge is 2.39. The first-order chi connectivity index (χ1) is 17.6. The van der Waals surface area contributed by atoms with Gasteiger partial charge in [0.2, 0.25) is 0 Å². The molecule has 2 atom stereocenters. The smallest absolute Gasteiger partial charge is 0.292 e. The number of aryl methyl sites for hydroxylation is 1. The van der Waals surface area contributed by atoms with Gasteiger partial charge < -0.3 is 10.2 Å². The highest BCUT2D eigenvalue weighted by molar-refractivity contribution is 6.06. The molecule has 1 N–H and O–H groups in total. The van der Waals surface area contributed by atoms with Crippen molar-refractivity contribution < 1.29 is 9.76 Å². The lowest BCUT2D eigenvalue weighted by molar-refractivity contribution is -0.384. The van der Waals surface area contributed by atoms with Gasteiger partial charge in [-0.2, -0.15) is 0 Å². The first-order valence-corrected chi connectivity index (χ1v) is 11.8. The zero-order valence-corrected chi connectivity index (χ0v) is 19.8. The summed E-state index contributed by atoms with van der Waals surface area (Å²) in [6, 6.07) is 34.9. The molecule has 36 heavy (non-hydrogen) atoms. The number of amidine groups is 1. The van der Waals surface area contributed by atoms with Crippen LogP contribution in [0.4, 0.5) is 22.7 Å². The Balaban J connectivity index is 1.54. The topological polar surface area (TPSA) is 80.0 Å². The van der Waals surface area contributed by atoms with E-state index in [0.717, 1.165) is 28.3 Å². The van der Waals surface area contributed by atoms with E-state index in [4.69, 9.17) is 4.84 Å². The molecule has 0 aromatic heterocycles. The van der Waals surface area contributed by atoms with Gasteiger partial charge in [-0.25, -0.2) is 0 Å². The van der Waals surface area contributed by atoms with Gasteiger partial charge in [0.25, 0.3) is 5.69 Å². The Bertz CT molecular complexity index is 1320. The van der Waals surface area contributed by atoms with Gasteiger partial charge in [-0.05, 0) is 42.8 Å². The molecular weight excluding hydrogens is 452 g/mol. The summed E-state index contributed by atoms with van der Waals surface area (Å²) in [6.07, 6.45) is -0.356. The third kappa shape index (κ3) is 4.77. The van der Waals surface area contributed by atoms with Crippen molar-refractivity contribution in [3.63, 3.8) is 0 Å². The van der Waals surface area contributed by atoms with Crippen molar-refractivity contribution in [2.75, 3.05) is 16.8 Å². The van der Waals surface area contributed by atoms with Crippen molar-refractivity contribution in [3.05, 3.63) is 130 Å². The summed E-state index contributed by atoms with van der Waals surface area (Å²) in [4.78, 5) is 19.4. The molecule has 0 aliphatic carbocycles. The van der Waals surface area contributed by atoms with E-state index in [1.165, 1.54) is 6.07 Å². The van der Waals surface area contributed by atoms with Gasteiger partial charge in [-0.3, -0.25) is 15.0 Å². The van der Waals surface area contributed by atoms with E-state index in [0.29, 0.717) is 12.2 Å². The highest BCUT2D eigenvalue weighted by atomic mass is 16.6. The van der Waals surface area contributed by atoms with Gasteiger partial charge in [0.1, 0.15) is 5.69 Å². The maximum atomic E-state index is 11.6. The fourth-order valence-corrected chi connectivity index (χ4v) is 4.41. The molecule has 7 nitrogen and oxygen atoms in total. The standard InChI is InChI=1S/C29H26N4O3/c1-21-16-18-22(19-17-21)28-25(20-30-26-14-8-9-15-27(26)33(34)35)29(31-36-28)32(23-10-4-2-5-11-23)24-12-6-3-7-13-24/h2-19,25,28,30H,20H2,1H3. The zero-order valence-electron chi connectivity index (χ0n) is 19.8. The van der Waals surface area contributed by atoms with Crippen molar-refractivity contribution in [1.82, 2.24) is 0 Å². The predicted octanol–water partition coefficient (Wildman–Crippen LogP) is 6.85. The Kier molecular flexibility index (Phi) is 6.62. The van der Waals surface area contributed by atoms with E-state index in [1.807, 2.05) is 79.7 Å². The van der Waals surface area contributed by atoms with E-state index < -0.39 is 0 Å². The third-order valence-electron chi connectivity index (χ3n) is 6.23. The summed E-state index contributed by atoms with van der Waals surface area (Å²) < 4.78 is 0. The van der Waals surface area contributed by atoms with Crippen LogP contribution < -0.4 is 10.2 Å². The Morgan fingerprint density at radius 2 is 1.44 bits per heavy atom. The molecular formula is C29H26N4O3. The zero-order chi connectivity index (χ0) is 24.9. The number of nitrogens with zero attached hydrogens (tertiary/aromatic N) is 3. The lowest BCUT2D eigenvalue weighted by atomic mass is 9.93. The average molecular weight is 479 g/mol. The van der Waals surface area contributed by atoms with Crippen LogP contribution >= 0.6 is 0 Å². The third-order valence-corrected chi connectivity index (χ3v) is 6.23. The van der Waals surface area contributed by atoms with Crippen LogP contribution in [0.3, 0.4) is 0 Å². The molecule has 7 heteroatoms. The minimum atomic E-state index is -0.375. The molecule has 0 saturated heterocycles. The Hall–Kier alpha value is -4.65. The first kappa shape index (κ1) is 23.1. The van der Waals surface area contributed by atoms with Gasteiger partial charge in [0, 0.05) is 24.0 Å². The second kappa shape index (κ2) is 10.3. The molecule has 0 radical (unpaired) electrons. The van der Waals surface area contributed by atoms with Gasteiger partial charge >= 0.3 is 0 Å². The number of hydrogen-bond acceptors (Lipinski definition) is 6. The SMILES string of the molecule is Cc1ccc(C2ON=C(N(c3ccccc3)c3ccccc3)C2CNc2ccccc2[N+](=O)[O-])cc1. The lowest BCUT2D eigenvalue weighted by Crippen LogP contribution is -2.36. The lowest BCUT2D eigenvalue weighted by Gasteiger charge is -2.29. The molecule has 1 heterocycles. The minimum Gasteiger partial charge on any atom is -0.385 e. The molecule has 2 unspecified atom stereocenters. The summed E-state index contributed by atoms with van der Waals surface area (Å²) in [5.74, 6) is 0.497. The van der Waals surface area contributed by atoms with Crippen molar-refractivity contribution in [2.24, 2.45) is 11.1 Å². The summed E-state index contributed by atoms with van der Waals surface area (Å²) >= 11 is 0. The molecule has 1 aliphatic heterocycles. The van der Waals surface area contributed by atoms with Crippen molar-refractivity contribution in [3.8, 4) is 0 Å². The quantitative estimate of drug-likeness (QED) is 0.232. The molecule has 0 saturated carbocycles. The number of nitro benzene ring substituents is 1. The second-order valence-electron chi connectivity index (χ2n) is 8.65. The van der Waals surface area contributed by atoms with E-state index >= 15 is 0 Å². The normalized spacial score (nSPS) is 16.6. The maximum Gasteiger partial charge on any atom is 0.292 e. The number of anilines is 3. The van der Waals surface area contributed by atoms with Crippen LogP contribution in [0, 0.1) is 23.0 Å². The fraction of sp³-hybridized carbons (Fsp3) is 0.138. The largest absolute Gasteiger partial charge is 0.385 e. The van der Waals surface area contributed by atoms with Crippen LogP contribution in [0.1, 0.15) is 17.2 Å². The number of nitrogens with one attached hydrogen (secondary N) is 1. The van der Waals surface area contributed by atoms with Gasteiger partial charge in [0.05, 0.1) is 10.8 Å². The number of para-hydroxylation sites is 4. The highest BCUT2D eigenvalue weighted by Crippen LogP contribution is 2.39. The van der Waals surface area contributed by atoms with Gasteiger partial charge in [0.15, 0.2) is 11.9 Å². The number of oxime groups is 1. The van der Waals surface area contributed by atoms with Crippen molar-refractivity contribution in [2.45, 2.75) is 13.0 Å². The molecule has 0 bridgehead atoms. The summed E-state index contributed by atoms with van der Waals surface area (Å²) in [6.45, 7) is 2.43. The number of hydrogen-bond donors (Lipinski definition) is 1. The maximum absolute atomic E-state index is 11.6. The van der Waals surface area contributed by atoms with E-state index in [-0.39, 0.29) is 22.6 Å². The fourth-order valence-electron chi connectivity index (χ4n) is 4.41. The van der Waals surface area contributed by atoms with Crippen LogP contribution in [0.2, 0.25) is 0 Å². The molecule has 4 aromatic rings. The Labute approximate surface area is 209 Å². The predicted molar refractivity (Wildman–Crippen MR) is 143 cm³/mol. The summed E-state index contributed by atoms with van der Waals surface area (Å²) in [7, 11) is 0. The molecule has 0 amide bonds. The van der Waals surface area contributed by atoms with Crippen LogP contribution in [0.15, 0.2) is 114 Å². The van der Waals surface area contributed by atoms with Gasteiger partial charge in [-0.1, -0.05) is 83.5 Å². The number of benzene rings is 4. The van der Waals surface area contributed by atoms with E-state index in [1.54, 1.807) is 18.2 Å². The summed E-state index contributed by atoms with van der Waals surface area (Å²) in [5, 5.41) is 19.5. The van der Waals surface area contributed by atoms with Crippen molar-refractivity contribution in [1.29, 1.82) is 0 Å². The molecule has 180 valence electrons. The Morgan fingerprint density at radius 1 is 0.861 bits per heavy atom. The summed E-state index contributed by atoms with van der Waals surface area (Å²) in [5.41, 5.74) is 4.54. The van der Waals surface area contributed by atoms with Crippen LogP contribution in [0.25, 0.3) is 0 Å². The monoisotopic (exact) mass is 478 g/mol. The van der Waals surface area contributed by atoms with Crippen LogP contribution in [0.5, 0.6) is 0 Å². The van der Waals surface area contributed by atoms with E-state index in [2.05, 4.69) is 27.5 Å². The Morgan fingerprint density at radius 3 is 2.06 bits per heavy atom. The van der Waals surface area contributed by atoms with E-state index in [9.17, 15) is 10.1 Å². The number of nitro groups is 1. The molecule has 5 rings (SSSR count). The first-order valence-electron chi connectivity index (χ1n) is 11.8. The average Bonchev–Trinajstić information content (AvgIpc) is 3.32. The molecule has 4 aromatic carbocycles.